The third kappa shape index (κ3) is 5.11. The number of nitro benzene ring substituents is 1. The normalized spacial score (nSPS) is 12.4. The number of hydrogen-bond acceptors (Lipinski definition) is 5. The van der Waals surface area contributed by atoms with E-state index in [9.17, 15) is 15.2 Å². The monoisotopic (exact) mass is 254 g/mol. The first-order chi connectivity index (χ1) is 8.49. The van der Waals surface area contributed by atoms with Crippen molar-refractivity contribution in [3.05, 3.63) is 34.4 Å². The SMILES string of the molecule is CC(C)NC[C@H](O)COc1ccc([N+](=O)[O-])cc1. The molecule has 100 valence electrons. The highest BCUT2D eigenvalue weighted by Crippen LogP contribution is 2.17. The van der Waals surface area contributed by atoms with Crippen molar-refractivity contribution in [2.75, 3.05) is 13.2 Å². The van der Waals surface area contributed by atoms with Gasteiger partial charge in [0.15, 0.2) is 0 Å². The fraction of sp³-hybridized carbons (Fsp3) is 0.500. The van der Waals surface area contributed by atoms with E-state index in [2.05, 4.69) is 5.32 Å². The molecule has 0 aliphatic rings. The number of benzene rings is 1. The Labute approximate surface area is 106 Å². The van der Waals surface area contributed by atoms with Gasteiger partial charge < -0.3 is 15.2 Å². The minimum Gasteiger partial charge on any atom is -0.491 e. The molecule has 6 nitrogen and oxygen atoms in total. The maximum Gasteiger partial charge on any atom is 0.269 e. The number of nitrogens with one attached hydrogen (secondary N) is 1. The van der Waals surface area contributed by atoms with Crippen LogP contribution in [0.2, 0.25) is 0 Å². The lowest BCUT2D eigenvalue weighted by atomic mass is 10.3. The van der Waals surface area contributed by atoms with Gasteiger partial charge in [0.25, 0.3) is 5.69 Å². The van der Waals surface area contributed by atoms with Gasteiger partial charge in [0.05, 0.1) is 4.92 Å². The van der Waals surface area contributed by atoms with Gasteiger partial charge in [-0.1, -0.05) is 13.8 Å². The summed E-state index contributed by atoms with van der Waals surface area (Å²) < 4.78 is 5.32. The second-order valence-corrected chi connectivity index (χ2v) is 4.28. The van der Waals surface area contributed by atoms with E-state index in [4.69, 9.17) is 4.74 Å². The molecule has 2 N–H and O–H groups in total. The predicted octanol–water partition coefficient (Wildman–Crippen LogP) is 1.33. The third-order valence-electron chi connectivity index (χ3n) is 2.25. The Balaban J connectivity index is 2.36. The molecule has 6 heteroatoms. The Hall–Kier alpha value is -1.66. The highest BCUT2D eigenvalue weighted by Gasteiger charge is 2.07. The average molecular weight is 254 g/mol. The molecule has 0 radical (unpaired) electrons. The van der Waals surface area contributed by atoms with Crippen LogP contribution in [0.3, 0.4) is 0 Å². The lowest BCUT2D eigenvalue weighted by Crippen LogP contribution is -2.35. The zero-order valence-electron chi connectivity index (χ0n) is 10.5. The van der Waals surface area contributed by atoms with E-state index >= 15 is 0 Å². The molecule has 0 saturated heterocycles. The highest BCUT2D eigenvalue weighted by atomic mass is 16.6. The van der Waals surface area contributed by atoms with Crippen LogP contribution in [0, 0.1) is 10.1 Å². The molecule has 0 aliphatic heterocycles. The number of aliphatic hydroxyl groups excluding tert-OH is 1. The summed E-state index contributed by atoms with van der Waals surface area (Å²) in [6.45, 7) is 4.58. The molecule has 1 atom stereocenters. The molecular formula is C12H18N2O4. The smallest absolute Gasteiger partial charge is 0.269 e. The van der Waals surface area contributed by atoms with Gasteiger partial charge >= 0.3 is 0 Å². The van der Waals surface area contributed by atoms with Crippen LogP contribution in [-0.2, 0) is 0 Å². The van der Waals surface area contributed by atoms with Crippen molar-refractivity contribution in [1.82, 2.24) is 5.32 Å². The van der Waals surface area contributed by atoms with E-state index in [1.807, 2.05) is 13.8 Å². The first kappa shape index (κ1) is 14.4. The number of ether oxygens (including phenoxy) is 1. The van der Waals surface area contributed by atoms with Crippen LogP contribution in [0.15, 0.2) is 24.3 Å². The van der Waals surface area contributed by atoms with Crippen molar-refractivity contribution in [1.29, 1.82) is 0 Å². The lowest BCUT2D eigenvalue weighted by molar-refractivity contribution is -0.384. The maximum atomic E-state index is 10.4. The van der Waals surface area contributed by atoms with Crippen molar-refractivity contribution in [2.45, 2.75) is 26.0 Å². The molecule has 0 spiro atoms. The fourth-order valence-electron chi connectivity index (χ4n) is 1.29. The van der Waals surface area contributed by atoms with Gasteiger partial charge in [0.1, 0.15) is 18.5 Å². The maximum absolute atomic E-state index is 10.4. The van der Waals surface area contributed by atoms with Crippen LogP contribution in [0.4, 0.5) is 5.69 Å². The van der Waals surface area contributed by atoms with Crippen molar-refractivity contribution in [3.8, 4) is 5.75 Å². The third-order valence-corrected chi connectivity index (χ3v) is 2.25. The largest absolute Gasteiger partial charge is 0.491 e. The van der Waals surface area contributed by atoms with E-state index in [0.29, 0.717) is 18.3 Å². The molecule has 0 saturated carbocycles. The second-order valence-electron chi connectivity index (χ2n) is 4.28. The first-order valence-electron chi connectivity index (χ1n) is 5.77. The molecule has 18 heavy (non-hydrogen) atoms. The fourth-order valence-corrected chi connectivity index (χ4v) is 1.29. The molecule has 0 amide bonds. The number of non-ortho nitro benzene ring substituents is 1. The molecule has 1 aromatic rings. The summed E-state index contributed by atoms with van der Waals surface area (Å²) in [4.78, 5) is 9.98. The van der Waals surface area contributed by atoms with Gasteiger partial charge in [-0.05, 0) is 12.1 Å². The number of nitrogens with zero attached hydrogens (tertiary/aromatic N) is 1. The summed E-state index contributed by atoms with van der Waals surface area (Å²) >= 11 is 0. The predicted molar refractivity (Wildman–Crippen MR) is 67.7 cm³/mol. The Morgan fingerprint density at radius 2 is 2.00 bits per heavy atom. The van der Waals surface area contributed by atoms with Crippen molar-refractivity contribution < 1.29 is 14.8 Å². The van der Waals surface area contributed by atoms with E-state index in [0.717, 1.165) is 0 Å². The minimum absolute atomic E-state index is 0.0179. The van der Waals surface area contributed by atoms with Crippen molar-refractivity contribution in [3.63, 3.8) is 0 Å². The van der Waals surface area contributed by atoms with Gasteiger partial charge in [-0.25, -0.2) is 0 Å². The van der Waals surface area contributed by atoms with Gasteiger partial charge in [-0.2, -0.15) is 0 Å². The van der Waals surface area contributed by atoms with E-state index in [-0.39, 0.29) is 12.3 Å². The van der Waals surface area contributed by atoms with Crippen LogP contribution in [0.25, 0.3) is 0 Å². The summed E-state index contributed by atoms with van der Waals surface area (Å²) in [6.07, 6.45) is -0.609. The molecule has 0 aromatic heterocycles. The zero-order chi connectivity index (χ0) is 13.5. The van der Waals surface area contributed by atoms with Gasteiger partial charge in [-0.15, -0.1) is 0 Å². The standard InChI is InChI=1S/C12H18N2O4/c1-9(2)13-7-11(15)8-18-12-5-3-10(4-6-12)14(16)17/h3-6,9,11,13,15H,7-8H2,1-2H3/t11-/m0/s1. The van der Waals surface area contributed by atoms with Crippen LogP contribution >= 0.6 is 0 Å². The Morgan fingerprint density at radius 1 is 1.39 bits per heavy atom. The minimum atomic E-state index is -0.609. The van der Waals surface area contributed by atoms with E-state index in [1.54, 1.807) is 0 Å². The summed E-state index contributed by atoms with van der Waals surface area (Å²) in [5.41, 5.74) is 0.0179. The molecule has 0 bridgehead atoms. The summed E-state index contributed by atoms with van der Waals surface area (Å²) in [5, 5.41) is 23.1. The quantitative estimate of drug-likeness (QED) is 0.566. The van der Waals surface area contributed by atoms with Gasteiger partial charge in [0.2, 0.25) is 0 Å². The van der Waals surface area contributed by atoms with Gasteiger partial charge in [0, 0.05) is 24.7 Å². The van der Waals surface area contributed by atoms with Crippen LogP contribution in [0.1, 0.15) is 13.8 Å². The molecule has 0 heterocycles. The summed E-state index contributed by atoms with van der Waals surface area (Å²) in [5.74, 6) is 0.504. The Kier molecular flexibility index (Phi) is 5.54. The first-order valence-corrected chi connectivity index (χ1v) is 5.77. The molecule has 1 aromatic carbocycles. The highest BCUT2D eigenvalue weighted by molar-refractivity contribution is 5.35. The summed E-state index contributed by atoms with van der Waals surface area (Å²) in [7, 11) is 0. The van der Waals surface area contributed by atoms with Gasteiger partial charge in [-0.3, -0.25) is 10.1 Å². The lowest BCUT2D eigenvalue weighted by Gasteiger charge is -2.14. The number of nitro groups is 1. The Bertz CT molecular complexity index is 378. The van der Waals surface area contributed by atoms with Crippen LogP contribution in [-0.4, -0.2) is 35.3 Å². The second kappa shape index (κ2) is 6.93. The van der Waals surface area contributed by atoms with Crippen molar-refractivity contribution >= 4 is 5.69 Å². The topological polar surface area (TPSA) is 84.6 Å². The van der Waals surface area contributed by atoms with Crippen molar-refractivity contribution in [2.24, 2.45) is 0 Å². The molecule has 0 aliphatic carbocycles. The summed E-state index contributed by atoms with van der Waals surface area (Å²) in [6, 6.07) is 6.07. The average Bonchev–Trinajstić information content (AvgIpc) is 2.34. The molecule has 0 unspecified atom stereocenters. The van der Waals surface area contributed by atoms with E-state index < -0.39 is 11.0 Å². The Morgan fingerprint density at radius 3 is 2.50 bits per heavy atom. The van der Waals surface area contributed by atoms with E-state index in [1.165, 1.54) is 24.3 Å². The van der Waals surface area contributed by atoms with Crippen LogP contribution in [0.5, 0.6) is 5.75 Å². The zero-order valence-corrected chi connectivity index (χ0v) is 10.5. The molecule has 1 rings (SSSR count). The number of rotatable bonds is 7. The number of hydrogen-bond donors (Lipinski definition) is 2. The van der Waals surface area contributed by atoms with Crippen LogP contribution < -0.4 is 10.1 Å². The molecular weight excluding hydrogens is 236 g/mol. The molecule has 0 fully saturated rings. The number of aliphatic hydroxyl groups is 1.